The molecule has 27 heavy (non-hydrogen) atoms. The van der Waals surface area contributed by atoms with Gasteiger partial charge in [0.2, 0.25) is 5.91 Å². The second-order valence-electron chi connectivity index (χ2n) is 5.83. The number of para-hydroxylation sites is 2. The summed E-state index contributed by atoms with van der Waals surface area (Å²) in [6.45, 7) is 2.50. The number of nitrogens with one attached hydrogen (secondary N) is 2. The van der Waals surface area contributed by atoms with Crippen LogP contribution in [0.3, 0.4) is 0 Å². The fourth-order valence-corrected chi connectivity index (χ4v) is 2.55. The van der Waals surface area contributed by atoms with E-state index in [1.807, 2.05) is 49.4 Å². The van der Waals surface area contributed by atoms with Crippen molar-refractivity contribution in [2.75, 3.05) is 6.61 Å². The van der Waals surface area contributed by atoms with E-state index in [0.29, 0.717) is 23.3 Å². The summed E-state index contributed by atoms with van der Waals surface area (Å²) in [6, 6.07) is 14.7. The first-order valence-electron chi connectivity index (χ1n) is 8.68. The van der Waals surface area contributed by atoms with E-state index in [1.165, 1.54) is 0 Å². The number of ether oxygens (including phenoxy) is 1. The Hall–Kier alpha value is -3.48. The van der Waals surface area contributed by atoms with E-state index in [-0.39, 0.29) is 24.3 Å². The maximum absolute atomic E-state index is 12.0. The largest absolute Gasteiger partial charge is 0.494 e. The summed E-state index contributed by atoms with van der Waals surface area (Å²) in [7, 11) is 0. The fourth-order valence-electron chi connectivity index (χ4n) is 2.55. The number of rotatable bonds is 7. The molecule has 3 rings (SSSR count). The Morgan fingerprint density at radius 3 is 2.96 bits per heavy atom. The van der Waals surface area contributed by atoms with Gasteiger partial charge in [0.1, 0.15) is 11.4 Å². The standard InChI is InChI=1S/C20H20N4O3/c1-2-27-15-7-5-6-14(12-15)13-21-24-19(25)11-10-18-20(26)23-17-9-4-3-8-16(17)22-18/h3-9,12-13H,2,10-11H2,1H3,(H,23,26)(H,24,25)/b21-13-. The number of aryl methyl sites for hydroxylation is 1. The topological polar surface area (TPSA) is 96.4 Å². The summed E-state index contributed by atoms with van der Waals surface area (Å²) in [5.74, 6) is 0.455. The third kappa shape index (κ3) is 5.01. The quantitative estimate of drug-likeness (QED) is 0.497. The molecule has 0 bridgehead atoms. The number of hydrogen-bond acceptors (Lipinski definition) is 5. The molecule has 138 valence electrons. The summed E-state index contributed by atoms with van der Waals surface area (Å²) >= 11 is 0. The number of carbonyl (C=O) groups excluding carboxylic acids is 1. The van der Waals surface area contributed by atoms with Crippen LogP contribution in [0.5, 0.6) is 5.75 Å². The lowest BCUT2D eigenvalue weighted by Crippen LogP contribution is -2.21. The van der Waals surface area contributed by atoms with Gasteiger partial charge in [0.05, 0.1) is 23.9 Å². The maximum atomic E-state index is 12.0. The molecule has 0 aliphatic carbocycles. The molecule has 0 saturated heterocycles. The molecule has 0 radical (unpaired) electrons. The number of amides is 1. The molecular weight excluding hydrogens is 344 g/mol. The van der Waals surface area contributed by atoms with Gasteiger partial charge in [-0.3, -0.25) is 9.59 Å². The second-order valence-corrected chi connectivity index (χ2v) is 5.83. The highest BCUT2D eigenvalue weighted by Crippen LogP contribution is 2.11. The molecule has 7 heteroatoms. The van der Waals surface area contributed by atoms with Crippen molar-refractivity contribution in [1.82, 2.24) is 15.4 Å². The first kappa shape index (κ1) is 18.3. The molecule has 0 aliphatic heterocycles. The Morgan fingerprint density at radius 2 is 2.11 bits per heavy atom. The number of nitrogens with zero attached hydrogens (tertiary/aromatic N) is 2. The second kappa shape index (κ2) is 8.75. The maximum Gasteiger partial charge on any atom is 0.270 e. The lowest BCUT2D eigenvalue weighted by atomic mass is 10.2. The van der Waals surface area contributed by atoms with Crippen molar-refractivity contribution in [3.63, 3.8) is 0 Å². The van der Waals surface area contributed by atoms with Crippen molar-refractivity contribution in [1.29, 1.82) is 0 Å². The van der Waals surface area contributed by atoms with Crippen molar-refractivity contribution < 1.29 is 9.53 Å². The molecule has 3 aromatic rings. The number of hydrazone groups is 1. The highest BCUT2D eigenvalue weighted by Gasteiger charge is 2.07. The van der Waals surface area contributed by atoms with Crippen molar-refractivity contribution in [2.45, 2.75) is 19.8 Å². The normalized spacial score (nSPS) is 11.0. The number of aromatic nitrogens is 2. The van der Waals surface area contributed by atoms with Crippen LogP contribution >= 0.6 is 0 Å². The third-order valence-electron chi connectivity index (χ3n) is 3.83. The highest BCUT2D eigenvalue weighted by molar-refractivity contribution is 5.83. The monoisotopic (exact) mass is 364 g/mol. The van der Waals surface area contributed by atoms with E-state index in [9.17, 15) is 9.59 Å². The average molecular weight is 364 g/mol. The number of aromatic amines is 1. The molecule has 0 unspecified atom stereocenters. The summed E-state index contributed by atoms with van der Waals surface area (Å²) in [5, 5.41) is 3.94. The average Bonchev–Trinajstić information content (AvgIpc) is 2.67. The first-order chi connectivity index (χ1) is 13.2. The third-order valence-corrected chi connectivity index (χ3v) is 3.83. The molecule has 2 aromatic carbocycles. The molecule has 1 aromatic heterocycles. The molecule has 0 atom stereocenters. The molecule has 1 heterocycles. The Labute approximate surface area is 156 Å². The minimum Gasteiger partial charge on any atom is -0.494 e. The predicted octanol–water partition coefficient (Wildman–Crippen LogP) is 2.40. The minimum atomic E-state index is -0.290. The van der Waals surface area contributed by atoms with Gasteiger partial charge in [0.25, 0.3) is 5.56 Å². The van der Waals surface area contributed by atoms with Crippen molar-refractivity contribution in [3.8, 4) is 5.75 Å². The molecule has 7 nitrogen and oxygen atoms in total. The minimum absolute atomic E-state index is 0.116. The Kier molecular flexibility index (Phi) is 5.94. The van der Waals surface area contributed by atoms with Gasteiger partial charge in [0.15, 0.2) is 0 Å². The molecule has 2 N–H and O–H groups in total. The van der Waals surface area contributed by atoms with Gasteiger partial charge in [-0.15, -0.1) is 0 Å². The molecule has 1 amide bonds. The van der Waals surface area contributed by atoms with Crippen molar-refractivity contribution in [3.05, 3.63) is 70.1 Å². The Bertz CT molecular complexity index is 1030. The molecule has 0 aliphatic rings. The highest BCUT2D eigenvalue weighted by atomic mass is 16.5. The summed E-state index contributed by atoms with van der Waals surface area (Å²) in [5.41, 5.74) is 4.69. The predicted molar refractivity (Wildman–Crippen MR) is 104 cm³/mol. The van der Waals surface area contributed by atoms with Crippen LogP contribution in [0.4, 0.5) is 0 Å². The zero-order valence-corrected chi connectivity index (χ0v) is 14.9. The van der Waals surface area contributed by atoms with Gasteiger partial charge < -0.3 is 9.72 Å². The number of carbonyl (C=O) groups is 1. The van der Waals surface area contributed by atoms with Crippen LogP contribution in [0, 0.1) is 0 Å². The Morgan fingerprint density at radius 1 is 1.26 bits per heavy atom. The molecule has 0 saturated carbocycles. The van der Waals surface area contributed by atoms with Crippen molar-refractivity contribution >= 4 is 23.2 Å². The van der Waals surface area contributed by atoms with Gasteiger partial charge in [-0.25, -0.2) is 10.4 Å². The van der Waals surface area contributed by atoms with Gasteiger partial charge in [-0.05, 0) is 36.8 Å². The summed E-state index contributed by atoms with van der Waals surface area (Å²) < 4.78 is 5.41. The van der Waals surface area contributed by atoms with Crippen LogP contribution in [0.15, 0.2) is 58.4 Å². The number of benzene rings is 2. The number of H-pyrrole nitrogens is 1. The lowest BCUT2D eigenvalue weighted by Gasteiger charge is -2.03. The summed E-state index contributed by atoms with van der Waals surface area (Å²) in [4.78, 5) is 31.1. The zero-order valence-electron chi connectivity index (χ0n) is 14.9. The van der Waals surface area contributed by atoms with Crippen LogP contribution in [0.25, 0.3) is 11.0 Å². The van der Waals surface area contributed by atoms with Crippen LogP contribution in [-0.4, -0.2) is 28.7 Å². The van der Waals surface area contributed by atoms with Crippen LogP contribution in [0.2, 0.25) is 0 Å². The van der Waals surface area contributed by atoms with E-state index in [1.54, 1.807) is 12.3 Å². The molecule has 0 spiro atoms. The van der Waals surface area contributed by atoms with Gasteiger partial charge in [0, 0.05) is 12.8 Å². The van der Waals surface area contributed by atoms with E-state index < -0.39 is 0 Å². The van der Waals surface area contributed by atoms with E-state index in [0.717, 1.165) is 11.3 Å². The number of fused-ring (bicyclic) bond motifs is 1. The van der Waals surface area contributed by atoms with Crippen LogP contribution in [0.1, 0.15) is 24.6 Å². The van der Waals surface area contributed by atoms with E-state index in [4.69, 9.17) is 4.74 Å². The van der Waals surface area contributed by atoms with E-state index in [2.05, 4.69) is 20.5 Å². The van der Waals surface area contributed by atoms with Gasteiger partial charge in [-0.2, -0.15) is 5.10 Å². The SMILES string of the molecule is CCOc1cccc(/C=N\NC(=O)CCc2nc3ccccc3[nH]c2=O)c1. The molecular formula is C20H20N4O3. The Balaban J connectivity index is 1.56. The van der Waals surface area contributed by atoms with Gasteiger partial charge in [-0.1, -0.05) is 24.3 Å². The number of hydrogen-bond donors (Lipinski definition) is 2. The van der Waals surface area contributed by atoms with E-state index >= 15 is 0 Å². The first-order valence-corrected chi connectivity index (χ1v) is 8.68. The summed E-state index contributed by atoms with van der Waals surface area (Å²) in [6.07, 6.45) is 1.90. The fraction of sp³-hybridized carbons (Fsp3) is 0.200. The lowest BCUT2D eigenvalue weighted by molar-refractivity contribution is -0.121. The van der Waals surface area contributed by atoms with Crippen LogP contribution < -0.4 is 15.7 Å². The zero-order chi connectivity index (χ0) is 19.1. The molecule has 0 fully saturated rings. The van der Waals surface area contributed by atoms with Crippen LogP contribution in [-0.2, 0) is 11.2 Å². The van der Waals surface area contributed by atoms with Crippen molar-refractivity contribution in [2.24, 2.45) is 5.10 Å². The smallest absolute Gasteiger partial charge is 0.270 e. The van der Waals surface area contributed by atoms with Gasteiger partial charge >= 0.3 is 0 Å².